The molecule has 3 N–H and O–H groups in total. The summed E-state index contributed by atoms with van der Waals surface area (Å²) in [5.74, 6) is 0.785. The van der Waals surface area contributed by atoms with Crippen LogP contribution in [0, 0.1) is 6.92 Å². The molecule has 2 aromatic heterocycles. The van der Waals surface area contributed by atoms with Gasteiger partial charge < -0.3 is 20.7 Å². The lowest BCUT2D eigenvalue weighted by atomic mass is 9.98. The van der Waals surface area contributed by atoms with Gasteiger partial charge in [-0.1, -0.05) is 17.7 Å². The van der Waals surface area contributed by atoms with Gasteiger partial charge in [-0.2, -0.15) is 0 Å². The molecule has 1 aliphatic rings. The van der Waals surface area contributed by atoms with Crippen molar-refractivity contribution < 1.29 is 9.53 Å². The van der Waals surface area contributed by atoms with Crippen molar-refractivity contribution in [1.29, 1.82) is 0 Å². The zero-order valence-electron chi connectivity index (χ0n) is 18.2. The third-order valence-electron chi connectivity index (χ3n) is 5.66. The molecule has 0 aliphatic carbocycles. The van der Waals surface area contributed by atoms with E-state index in [-0.39, 0.29) is 17.9 Å². The standard InChI is InChI=1S/C23H25ClN6O2/c1-13-20(15-5-7-19(26-2)27-11-15)21(29-23(25)28-13)14-4-6-17(18(24)10-14)22(31)30(3)16-8-9-32-12-16/h4-7,10-11,16H,8-9,12H2,1-3H3,(H,26,27)(H2,25,28,29). The Morgan fingerprint density at radius 2 is 2.03 bits per heavy atom. The number of carbonyl (C=O) groups is 1. The summed E-state index contributed by atoms with van der Waals surface area (Å²) in [6.07, 6.45) is 2.58. The first-order valence-corrected chi connectivity index (χ1v) is 10.7. The van der Waals surface area contributed by atoms with Crippen LogP contribution in [-0.4, -0.2) is 59.1 Å². The first-order valence-electron chi connectivity index (χ1n) is 10.3. The topological polar surface area (TPSA) is 106 Å². The molecule has 8 nitrogen and oxygen atoms in total. The van der Waals surface area contributed by atoms with E-state index in [2.05, 4.69) is 20.3 Å². The molecule has 1 atom stereocenters. The summed E-state index contributed by atoms with van der Waals surface area (Å²) in [5, 5.41) is 3.36. The zero-order chi connectivity index (χ0) is 22.8. The third kappa shape index (κ3) is 4.24. The van der Waals surface area contributed by atoms with E-state index in [1.165, 1.54) is 0 Å². The van der Waals surface area contributed by atoms with Crippen LogP contribution in [0.5, 0.6) is 0 Å². The summed E-state index contributed by atoms with van der Waals surface area (Å²) in [4.78, 5) is 27.9. The van der Waals surface area contributed by atoms with Crippen LogP contribution in [0.4, 0.5) is 11.8 Å². The fourth-order valence-electron chi connectivity index (χ4n) is 3.86. The SMILES string of the molecule is CNc1ccc(-c2c(C)nc(N)nc2-c2ccc(C(=O)N(C)C3CCOC3)c(Cl)c2)cn1. The predicted octanol–water partition coefficient (Wildman–Crippen LogP) is 3.65. The first-order chi connectivity index (χ1) is 15.4. The van der Waals surface area contributed by atoms with Crippen molar-refractivity contribution in [3.63, 3.8) is 0 Å². The van der Waals surface area contributed by atoms with Crippen LogP contribution in [-0.2, 0) is 4.74 Å². The number of nitrogen functional groups attached to an aromatic ring is 1. The Hall–Kier alpha value is -3.23. The highest BCUT2D eigenvalue weighted by molar-refractivity contribution is 6.34. The van der Waals surface area contributed by atoms with Gasteiger partial charge in [0.2, 0.25) is 5.95 Å². The van der Waals surface area contributed by atoms with Gasteiger partial charge in [-0.05, 0) is 37.6 Å². The number of nitrogens with zero attached hydrogens (tertiary/aromatic N) is 4. The summed E-state index contributed by atoms with van der Waals surface area (Å²) in [6.45, 7) is 3.08. The molecule has 0 saturated carbocycles. The van der Waals surface area contributed by atoms with Crippen LogP contribution >= 0.6 is 11.6 Å². The van der Waals surface area contributed by atoms with Crippen LogP contribution in [0.2, 0.25) is 5.02 Å². The molecule has 1 saturated heterocycles. The molecule has 32 heavy (non-hydrogen) atoms. The number of anilines is 2. The smallest absolute Gasteiger partial charge is 0.255 e. The van der Waals surface area contributed by atoms with Crippen molar-refractivity contribution in [3.8, 4) is 22.4 Å². The highest BCUT2D eigenvalue weighted by atomic mass is 35.5. The Morgan fingerprint density at radius 1 is 1.25 bits per heavy atom. The van der Waals surface area contributed by atoms with Gasteiger partial charge >= 0.3 is 0 Å². The third-order valence-corrected chi connectivity index (χ3v) is 5.97. The molecule has 1 aromatic carbocycles. The van der Waals surface area contributed by atoms with Crippen LogP contribution in [0.15, 0.2) is 36.5 Å². The van der Waals surface area contributed by atoms with Crippen LogP contribution < -0.4 is 11.1 Å². The summed E-state index contributed by atoms with van der Waals surface area (Å²) in [7, 11) is 3.59. The number of aromatic nitrogens is 3. The lowest BCUT2D eigenvalue weighted by Crippen LogP contribution is -2.37. The minimum absolute atomic E-state index is 0.0576. The number of amides is 1. The summed E-state index contributed by atoms with van der Waals surface area (Å²) in [5.41, 5.74) is 10.2. The number of ether oxygens (including phenoxy) is 1. The monoisotopic (exact) mass is 452 g/mol. The fraction of sp³-hybridized carbons (Fsp3) is 0.304. The molecule has 1 amide bonds. The lowest BCUT2D eigenvalue weighted by molar-refractivity contribution is 0.0711. The second-order valence-electron chi connectivity index (χ2n) is 7.70. The zero-order valence-corrected chi connectivity index (χ0v) is 19.0. The summed E-state index contributed by atoms with van der Waals surface area (Å²) < 4.78 is 5.40. The average Bonchev–Trinajstić information content (AvgIpc) is 3.33. The van der Waals surface area contributed by atoms with Gasteiger partial charge in [-0.3, -0.25) is 4.79 Å². The number of halogens is 1. The molecular weight excluding hydrogens is 428 g/mol. The molecule has 3 aromatic rings. The van der Waals surface area contributed by atoms with Crippen molar-refractivity contribution in [2.24, 2.45) is 0 Å². The highest BCUT2D eigenvalue weighted by Crippen LogP contribution is 2.35. The number of hydrogen-bond donors (Lipinski definition) is 2. The number of nitrogens with two attached hydrogens (primary N) is 1. The largest absolute Gasteiger partial charge is 0.379 e. The Kier molecular flexibility index (Phi) is 6.25. The second kappa shape index (κ2) is 9.10. The molecule has 9 heteroatoms. The van der Waals surface area contributed by atoms with Crippen molar-refractivity contribution in [2.75, 3.05) is 38.4 Å². The number of nitrogens with one attached hydrogen (secondary N) is 1. The van der Waals surface area contributed by atoms with E-state index in [9.17, 15) is 4.79 Å². The molecule has 3 heterocycles. The van der Waals surface area contributed by atoms with Gasteiger partial charge in [0.1, 0.15) is 5.82 Å². The van der Waals surface area contributed by atoms with Gasteiger partial charge in [0, 0.05) is 43.6 Å². The van der Waals surface area contributed by atoms with Crippen LogP contribution in [0.3, 0.4) is 0 Å². The van der Waals surface area contributed by atoms with Gasteiger partial charge in [-0.15, -0.1) is 0 Å². The van der Waals surface area contributed by atoms with Gasteiger partial charge in [0.15, 0.2) is 0 Å². The molecular formula is C23H25ClN6O2. The number of aryl methyl sites for hydroxylation is 1. The molecule has 1 aliphatic heterocycles. The van der Waals surface area contributed by atoms with E-state index in [4.69, 9.17) is 22.1 Å². The molecule has 166 valence electrons. The number of hydrogen-bond acceptors (Lipinski definition) is 7. The van der Waals surface area contributed by atoms with Crippen molar-refractivity contribution in [1.82, 2.24) is 19.9 Å². The number of benzene rings is 1. The van der Waals surface area contributed by atoms with Crippen molar-refractivity contribution in [3.05, 3.63) is 52.8 Å². The Morgan fingerprint density at radius 3 is 2.66 bits per heavy atom. The summed E-state index contributed by atoms with van der Waals surface area (Å²) in [6, 6.07) is 9.19. The number of pyridine rings is 1. The van der Waals surface area contributed by atoms with E-state index in [1.807, 2.05) is 32.2 Å². The van der Waals surface area contributed by atoms with E-state index < -0.39 is 0 Å². The lowest BCUT2D eigenvalue weighted by Gasteiger charge is -2.23. The molecule has 0 radical (unpaired) electrons. The maximum atomic E-state index is 13.0. The summed E-state index contributed by atoms with van der Waals surface area (Å²) >= 11 is 6.57. The van der Waals surface area contributed by atoms with Gasteiger partial charge in [0.25, 0.3) is 5.91 Å². The maximum Gasteiger partial charge on any atom is 0.255 e. The van der Waals surface area contributed by atoms with E-state index in [1.54, 1.807) is 30.3 Å². The van der Waals surface area contributed by atoms with Crippen molar-refractivity contribution in [2.45, 2.75) is 19.4 Å². The van der Waals surface area contributed by atoms with Crippen LogP contribution in [0.1, 0.15) is 22.5 Å². The number of rotatable bonds is 5. The quantitative estimate of drug-likeness (QED) is 0.608. The fourth-order valence-corrected chi connectivity index (χ4v) is 4.12. The Labute approximate surface area is 191 Å². The normalized spacial score (nSPS) is 15.6. The van der Waals surface area contributed by atoms with Crippen LogP contribution in [0.25, 0.3) is 22.4 Å². The molecule has 0 bridgehead atoms. The predicted molar refractivity (Wildman–Crippen MR) is 126 cm³/mol. The number of carbonyl (C=O) groups excluding carboxylic acids is 1. The van der Waals surface area contributed by atoms with Gasteiger partial charge in [-0.25, -0.2) is 15.0 Å². The minimum Gasteiger partial charge on any atom is -0.379 e. The Balaban J connectivity index is 1.73. The second-order valence-corrected chi connectivity index (χ2v) is 8.11. The van der Waals surface area contributed by atoms with E-state index >= 15 is 0 Å². The number of likely N-dealkylation sites (N-methyl/N-ethyl adjacent to an activating group) is 1. The van der Waals surface area contributed by atoms with E-state index in [0.29, 0.717) is 29.5 Å². The Bertz CT molecular complexity index is 1150. The molecule has 1 fully saturated rings. The van der Waals surface area contributed by atoms with Gasteiger partial charge in [0.05, 0.1) is 34.6 Å². The van der Waals surface area contributed by atoms with Crippen molar-refractivity contribution >= 4 is 29.3 Å². The first kappa shape index (κ1) is 22.0. The highest BCUT2D eigenvalue weighted by Gasteiger charge is 2.26. The molecule has 1 unspecified atom stereocenters. The molecule has 4 rings (SSSR count). The average molecular weight is 453 g/mol. The van der Waals surface area contributed by atoms with E-state index in [0.717, 1.165) is 34.6 Å². The molecule has 0 spiro atoms. The maximum absolute atomic E-state index is 13.0. The minimum atomic E-state index is -0.137.